The number of piperidine rings is 1. The van der Waals surface area contributed by atoms with E-state index in [2.05, 4.69) is 5.32 Å². The molecule has 3 atom stereocenters. The lowest BCUT2D eigenvalue weighted by molar-refractivity contribution is 0.0427. The summed E-state index contributed by atoms with van der Waals surface area (Å²) in [7, 11) is 0. The van der Waals surface area contributed by atoms with Gasteiger partial charge in [-0.25, -0.2) is 9.18 Å². The summed E-state index contributed by atoms with van der Waals surface area (Å²) < 4.78 is 18.3. The van der Waals surface area contributed by atoms with E-state index in [1.807, 2.05) is 13.8 Å². The van der Waals surface area contributed by atoms with Gasteiger partial charge < -0.3 is 20.1 Å². The van der Waals surface area contributed by atoms with Crippen molar-refractivity contribution in [3.63, 3.8) is 0 Å². The largest absolute Gasteiger partial charge is 0.491 e. The van der Waals surface area contributed by atoms with Gasteiger partial charge in [-0.1, -0.05) is 6.92 Å². The van der Waals surface area contributed by atoms with Gasteiger partial charge in [-0.15, -0.1) is 0 Å². The van der Waals surface area contributed by atoms with E-state index >= 15 is 0 Å². The van der Waals surface area contributed by atoms with Crippen molar-refractivity contribution in [2.24, 2.45) is 5.92 Å². The van der Waals surface area contributed by atoms with Crippen molar-refractivity contribution >= 4 is 6.03 Å². The monoisotopic (exact) mass is 310 g/mol. The average molecular weight is 310 g/mol. The molecule has 1 aromatic rings. The van der Waals surface area contributed by atoms with E-state index in [-0.39, 0.29) is 23.8 Å². The minimum atomic E-state index is -0.467. The Morgan fingerprint density at radius 2 is 2.18 bits per heavy atom. The van der Waals surface area contributed by atoms with Gasteiger partial charge in [0.05, 0.1) is 12.1 Å². The summed E-state index contributed by atoms with van der Waals surface area (Å²) in [4.78, 5) is 13.7. The molecule has 0 radical (unpaired) electrons. The van der Waals surface area contributed by atoms with Crippen LogP contribution in [-0.4, -0.2) is 47.9 Å². The molecule has 0 saturated carbocycles. The molecule has 1 saturated heterocycles. The summed E-state index contributed by atoms with van der Waals surface area (Å²) in [6.45, 7) is 5.13. The number of carbonyl (C=O) groups excluding carboxylic acids is 1. The van der Waals surface area contributed by atoms with Crippen LogP contribution in [0.25, 0.3) is 0 Å². The van der Waals surface area contributed by atoms with Crippen LogP contribution in [0.4, 0.5) is 9.18 Å². The highest BCUT2D eigenvalue weighted by Crippen LogP contribution is 2.17. The van der Waals surface area contributed by atoms with Gasteiger partial charge in [-0.05, 0) is 43.5 Å². The quantitative estimate of drug-likeness (QED) is 0.894. The summed E-state index contributed by atoms with van der Waals surface area (Å²) in [6, 6.07) is 5.37. The van der Waals surface area contributed by atoms with E-state index in [4.69, 9.17) is 4.74 Å². The zero-order chi connectivity index (χ0) is 16.1. The Morgan fingerprint density at radius 1 is 1.50 bits per heavy atom. The second kappa shape index (κ2) is 7.45. The molecule has 0 aliphatic carbocycles. The van der Waals surface area contributed by atoms with Crippen LogP contribution in [0.3, 0.4) is 0 Å². The van der Waals surface area contributed by atoms with Gasteiger partial charge in [0.25, 0.3) is 0 Å². The third-order valence-corrected chi connectivity index (χ3v) is 3.89. The number of hydrogen-bond acceptors (Lipinski definition) is 3. The number of nitrogens with zero attached hydrogens (tertiary/aromatic N) is 1. The third-order valence-electron chi connectivity index (χ3n) is 3.89. The summed E-state index contributed by atoms with van der Waals surface area (Å²) in [6.07, 6.45) is 0.333. The van der Waals surface area contributed by atoms with Crippen molar-refractivity contribution in [1.29, 1.82) is 0 Å². The number of benzene rings is 1. The minimum Gasteiger partial charge on any atom is -0.491 e. The molecule has 1 heterocycles. The highest BCUT2D eigenvalue weighted by atomic mass is 19.1. The number of carbonyl (C=O) groups is 1. The third kappa shape index (κ3) is 4.59. The molecule has 5 nitrogen and oxygen atoms in total. The fourth-order valence-corrected chi connectivity index (χ4v) is 2.33. The van der Waals surface area contributed by atoms with E-state index in [0.717, 1.165) is 6.42 Å². The van der Waals surface area contributed by atoms with Crippen LogP contribution in [0.2, 0.25) is 0 Å². The first-order valence-electron chi connectivity index (χ1n) is 7.57. The predicted molar refractivity (Wildman–Crippen MR) is 81.2 cm³/mol. The van der Waals surface area contributed by atoms with Crippen molar-refractivity contribution in [3.8, 4) is 5.75 Å². The second-order valence-corrected chi connectivity index (χ2v) is 5.89. The first kappa shape index (κ1) is 16.5. The van der Waals surface area contributed by atoms with E-state index in [1.54, 1.807) is 17.0 Å². The Morgan fingerprint density at radius 3 is 2.82 bits per heavy atom. The normalized spacial score (nSPS) is 23.0. The molecule has 22 heavy (non-hydrogen) atoms. The molecule has 3 unspecified atom stereocenters. The molecule has 2 rings (SSSR count). The molecule has 1 aliphatic rings. The van der Waals surface area contributed by atoms with Crippen molar-refractivity contribution in [1.82, 2.24) is 10.2 Å². The number of hydrogen-bond donors (Lipinski definition) is 2. The number of β-amino-alcohol motifs (C(OH)–C–C–N with tert-alkyl or cyclic N) is 1. The van der Waals surface area contributed by atoms with Gasteiger partial charge in [0.1, 0.15) is 18.2 Å². The molecular weight excluding hydrogens is 287 g/mol. The molecular formula is C16H23FN2O3. The fourth-order valence-electron chi connectivity index (χ4n) is 2.33. The summed E-state index contributed by atoms with van der Waals surface area (Å²) in [5, 5.41) is 12.7. The Labute approximate surface area is 130 Å². The van der Waals surface area contributed by atoms with Crippen LogP contribution in [0.1, 0.15) is 20.3 Å². The number of aliphatic hydroxyl groups is 1. The van der Waals surface area contributed by atoms with Gasteiger partial charge >= 0.3 is 6.03 Å². The molecule has 6 heteroatoms. The van der Waals surface area contributed by atoms with E-state index in [1.165, 1.54) is 12.1 Å². The molecule has 0 spiro atoms. The summed E-state index contributed by atoms with van der Waals surface area (Å²) >= 11 is 0. The zero-order valence-corrected chi connectivity index (χ0v) is 13.0. The fraction of sp³-hybridized carbons (Fsp3) is 0.562. The molecule has 1 aliphatic heterocycles. The lowest BCUT2D eigenvalue weighted by Crippen LogP contribution is -2.52. The Balaban J connectivity index is 1.75. The standard InChI is InChI=1S/C16H23FN2O3/c1-11-7-8-19(9-15(11)20)16(21)18-12(2)10-22-14-5-3-13(17)4-6-14/h3-6,11-12,15,20H,7-10H2,1-2H3,(H,18,21). The second-order valence-electron chi connectivity index (χ2n) is 5.89. The maximum atomic E-state index is 12.8. The topological polar surface area (TPSA) is 61.8 Å². The van der Waals surface area contributed by atoms with Crippen molar-refractivity contribution < 1.29 is 19.0 Å². The molecule has 0 aromatic heterocycles. The number of aliphatic hydroxyl groups excluding tert-OH is 1. The number of halogens is 1. The van der Waals surface area contributed by atoms with Crippen LogP contribution in [-0.2, 0) is 0 Å². The lowest BCUT2D eigenvalue weighted by Gasteiger charge is -2.34. The SMILES string of the molecule is CC(COc1ccc(F)cc1)NC(=O)N1CCC(C)C(O)C1. The number of rotatable bonds is 4. The van der Waals surface area contributed by atoms with E-state index < -0.39 is 6.10 Å². The molecule has 1 fully saturated rings. The molecule has 1 aromatic carbocycles. The molecule has 2 N–H and O–H groups in total. The maximum absolute atomic E-state index is 12.8. The summed E-state index contributed by atoms with van der Waals surface area (Å²) in [5.41, 5.74) is 0. The average Bonchev–Trinajstić information content (AvgIpc) is 2.49. The molecule has 0 bridgehead atoms. The lowest BCUT2D eigenvalue weighted by atomic mass is 9.96. The van der Waals surface area contributed by atoms with Gasteiger partial charge in [0, 0.05) is 13.1 Å². The van der Waals surface area contributed by atoms with Crippen molar-refractivity contribution in [2.45, 2.75) is 32.4 Å². The Hall–Kier alpha value is -1.82. The highest BCUT2D eigenvalue weighted by Gasteiger charge is 2.27. The van der Waals surface area contributed by atoms with Gasteiger partial charge in [-0.3, -0.25) is 0 Å². The maximum Gasteiger partial charge on any atom is 0.317 e. The number of ether oxygens (including phenoxy) is 1. The molecule has 2 amide bonds. The van der Waals surface area contributed by atoms with Gasteiger partial charge in [0.15, 0.2) is 0 Å². The van der Waals surface area contributed by atoms with Crippen LogP contribution < -0.4 is 10.1 Å². The van der Waals surface area contributed by atoms with Crippen molar-refractivity contribution in [2.75, 3.05) is 19.7 Å². The number of urea groups is 1. The van der Waals surface area contributed by atoms with Gasteiger partial charge in [-0.2, -0.15) is 0 Å². The number of nitrogens with one attached hydrogen (secondary N) is 1. The predicted octanol–water partition coefficient (Wildman–Crippen LogP) is 2.01. The van der Waals surface area contributed by atoms with E-state index in [0.29, 0.717) is 25.4 Å². The summed E-state index contributed by atoms with van der Waals surface area (Å²) in [5.74, 6) is 0.472. The first-order valence-corrected chi connectivity index (χ1v) is 7.57. The Bertz CT molecular complexity index is 495. The van der Waals surface area contributed by atoms with Crippen LogP contribution in [0.15, 0.2) is 24.3 Å². The van der Waals surface area contributed by atoms with E-state index in [9.17, 15) is 14.3 Å². The zero-order valence-electron chi connectivity index (χ0n) is 13.0. The van der Waals surface area contributed by atoms with Crippen LogP contribution >= 0.6 is 0 Å². The number of amides is 2. The van der Waals surface area contributed by atoms with Crippen LogP contribution in [0.5, 0.6) is 5.75 Å². The Kier molecular flexibility index (Phi) is 5.60. The minimum absolute atomic E-state index is 0.186. The van der Waals surface area contributed by atoms with Crippen molar-refractivity contribution in [3.05, 3.63) is 30.1 Å². The number of likely N-dealkylation sites (tertiary alicyclic amines) is 1. The highest BCUT2D eigenvalue weighted by molar-refractivity contribution is 5.74. The van der Waals surface area contributed by atoms with Gasteiger partial charge in [0.2, 0.25) is 0 Å². The molecule has 122 valence electrons. The van der Waals surface area contributed by atoms with Crippen LogP contribution in [0, 0.1) is 11.7 Å². The first-order chi connectivity index (χ1) is 10.5. The smallest absolute Gasteiger partial charge is 0.317 e.